The Hall–Kier alpha value is -2.79. The molecule has 3 rings (SSSR count). The first-order valence-corrected chi connectivity index (χ1v) is 8.48. The zero-order chi connectivity index (χ0) is 18.7. The van der Waals surface area contributed by atoms with Crippen LogP contribution in [0.5, 0.6) is 5.75 Å². The van der Waals surface area contributed by atoms with E-state index in [2.05, 4.69) is 0 Å². The molecule has 26 heavy (non-hydrogen) atoms. The zero-order valence-corrected chi connectivity index (χ0v) is 15.1. The minimum atomic E-state index is -0.724. The van der Waals surface area contributed by atoms with Crippen LogP contribution in [-0.2, 0) is 9.53 Å². The number of rotatable bonds is 5. The van der Waals surface area contributed by atoms with Gasteiger partial charge in [0.1, 0.15) is 17.1 Å². The Morgan fingerprint density at radius 3 is 2.54 bits per heavy atom. The molecule has 0 saturated carbocycles. The van der Waals surface area contributed by atoms with Gasteiger partial charge in [0.05, 0.1) is 12.5 Å². The number of carbonyl (C=O) groups excluding carboxylic acids is 1. The third-order valence-electron chi connectivity index (χ3n) is 3.94. The highest BCUT2D eigenvalue weighted by Gasteiger charge is 2.19. The Labute approximate surface area is 155 Å². The van der Waals surface area contributed by atoms with E-state index in [1.807, 2.05) is 6.92 Å². The maximum Gasteiger partial charge on any atom is 0.347 e. The van der Waals surface area contributed by atoms with Gasteiger partial charge in [-0.1, -0.05) is 18.5 Å². The van der Waals surface area contributed by atoms with Gasteiger partial charge in [0, 0.05) is 16.7 Å². The van der Waals surface area contributed by atoms with Crippen LogP contribution < -0.4 is 10.2 Å². The van der Waals surface area contributed by atoms with Crippen LogP contribution in [0.2, 0.25) is 5.02 Å². The third kappa shape index (κ3) is 3.73. The molecule has 3 aromatic rings. The van der Waals surface area contributed by atoms with Crippen molar-refractivity contribution in [2.24, 2.45) is 0 Å². The quantitative estimate of drug-likeness (QED) is 0.619. The van der Waals surface area contributed by atoms with E-state index < -0.39 is 12.1 Å². The van der Waals surface area contributed by atoms with E-state index in [-0.39, 0.29) is 5.43 Å². The molecule has 0 saturated heterocycles. The highest BCUT2D eigenvalue weighted by Crippen LogP contribution is 2.26. The average molecular weight is 373 g/mol. The van der Waals surface area contributed by atoms with Crippen molar-refractivity contribution in [2.45, 2.75) is 19.4 Å². The zero-order valence-electron chi connectivity index (χ0n) is 14.3. The summed E-state index contributed by atoms with van der Waals surface area (Å²) in [6, 6.07) is 13.3. The second kappa shape index (κ2) is 7.62. The summed E-state index contributed by atoms with van der Waals surface area (Å²) in [4.78, 5) is 24.2. The summed E-state index contributed by atoms with van der Waals surface area (Å²) in [5.74, 6) is 0.396. The molecule has 1 atom stereocenters. The van der Waals surface area contributed by atoms with Gasteiger partial charge in [-0.3, -0.25) is 4.79 Å². The van der Waals surface area contributed by atoms with E-state index in [1.54, 1.807) is 42.5 Å². The lowest BCUT2D eigenvalue weighted by Gasteiger charge is -2.15. The molecule has 0 radical (unpaired) electrons. The van der Waals surface area contributed by atoms with Crippen LogP contribution in [0, 0.1) is 0 Å². The van der Waals surface area contributed by atoms with Crippen molar-refractivity contribution >= 4 is 28.5 Å². The predicted molar refractivity (Wildman–Crippen MR) is 99.7 cm³/mol. The predicted octanol–water partition coefficient (Wildman–Crippen LogP) is 4.44. The van der Waals surface area contributed by atoms with E-state index >= 15 is 0 Å². The highest BCUT2D eigenvalue weighted by molar-refractivity contribution is 6.30. The topological polar surface area (TPSA) is 65.7 Å². The molecular weight excluding hydrogens is 356 g/mol. The summed E-state index contributed by atoms with van der Waals surface area (Å²) in [5, 5.41) is 0.981. The number of fused-ring (bicyclic) bond motifs is 1. The van der Waals surface area contributed by atoms with Crippen LogP contribution in [0.3, 0.4) is 0 Å². The van der Waals surface area contributed by atoms with Crippen molar-refractivity contribution in [2.75, 3.05) is 7.11 Å². The first kappa shape index (κ1) is 18.0. The van der Waals surface area contributed by atoms with Gasteiger partial charge >= 0.3 is 5.97 Å². The summed E-state index contributed by atoms with van der Waals surface area (Å²) in [6.07, 6.45) is -0.271. The number of hydrogen-bond donors (Lipinski definition) is 0. The molecule has 1 unspecified atom stereocenters. The van der Waals surface area contributed by atoms with Crippen LogP contribution in [0.25, 0.3) is 22.3 Å². The van der Waals surface area contributed by atoms with Crippen LogP contribution in [0.4, 0.5) is 0 Å². The number of halogens is 1. The molecule has 5 nitrogen and oxygen atoms in total. The molecule has 1 heterocycles. The van der Waals surface area contributed by atoms with Gasteiger partial charge in [-0.2, -0.15) is 0 Å². The van der Waals surface area contributed by atoms with Crippen molar-refractivity contribution in [1.29, 1.82) is 0 Å². The molecule has 0 N–H and O–H groups in total. The van der Waals surface area contributed by atoms with Gasteiger partial charge in [0.25, 0.3) is 0 Å². The third-order valence-corrected chi connectivity index (χ3v) is 4.19. The first-order chi connectivity index (χ1) is 12.5. The fraction of sp³-hybridized carbons (Fsp3) is 0.200. The Balaban J connectivity index is 1.97. The summed E-state index contributed by atoms with van der Waals surface area (Å²) in [6.45, 7) is 1.81. The first-order valence-electron chi connectivity index (χ1n) is 8.10. The highest BCUT2D eigenvalue weighted by atomic mass is 35.5. The Morgan fingerprint density at radius 1 is 1.15 bits per heavy atom. The second-order valence-electron chi connectivity index (χ2n) is 5.68. The van der Waals surface area contributed by atoms with Gasteiger partial charge in [-0.15, -0.1) is 0 Å². The molecule has 2 aromatic carbocycles. The van der Waals surface area contributed by atoms with Crippen molar-refractivity contribution in [3.05, 3.63) is 63.8 Å². The van der Waals surface area contributed by atoms with E-state index in [1.165, 1.54) is 13.2 Å². The van der Waals surface area contributed by atoms with E-state index in [0.717, 1.165) is 5.56 Å². The molecule has 0 aliphatic rings. The minimum absolute atomic E-state index is 0.201. The summed E-state index contributed by atoms with van der Waals surface area (Å²) in [7, 11) is 1.31. The lowest BCUT2D eigenvalue weighted by atomic mass is 10.1. The molecule has 0 spiro atoms. The van der Waals surface area contributed by atoms with E-state index in [9.17, 15) is 9.59 Å². The standard InChI is InChI=1S/C20H17ClO5/c1-3-17(20(23)24-2)25-14-8-9-18-15(10-14)16(22)11-19(26-18)12-4-6-13(21)7-5-12/h4-11,17H,3H2,1-2H3. The van der Waals surface area contributed by atoms with Crippen LogP contribution >= 0.6 is 11.6 Å². The lowest BCUT2D eigenvalue weighted by Crippen LogP contribution is -2.27. The summed E-state index contributed by atoms with van der Waals surface area (Å²) >= 11 is 5.89. The summed E-state index contributed by atoms with van der Waals surface area (Å²) in [5.41, 5.74) is 0.985. The molecule has 0 bridgehead atoms. The lowest BCUT2D eigenvalue weighted by molar-refractivity contribution is -0.148. The number of benzene rings is 2. The van der Waals surface area contributed by atoms with Crippen LogP contribution in [0.15, 0.2) is 57.7 Å². The number of methoxy groups -OCH3 is 1. The Bertz CT molecular complexity index is 991. The smallest absolute Gasteiger partial charge is 0.347 e. The number of carbonyl (C=O) groups is 1. The van der Waals surface area contributed by atoms with Gasteiger partial charge in [-0.25, -0.2) is 4.79 Å². The van der Waals surface area contributed by atoms with E-state index in [0.29, 0.717) is 33.9 Å². The summed E-state index contributed by atoms with van der Waals surface area (Å²) < 4.78 is 16.2. The van der Waals surface area contributed by atoms with Gasteiger partial charge in [0.2, 0.25) is 0 Å². The van der Waals surface area contributed by atoms with Gasteiger partial charge in [0.15, 0.2) is 11.5 Å². The SMILES string of the molecule is CCC(Oc1ccc2oc(-c3ccc(Cl)cc3)cc(=O)c2c1)C(=O)OC. The molecule has 0 fully saturated rings. The average Bonchev–Trinajstić information content (AvgIpc) is 2.66. The van der Waals surface area contributed by atoms with Gasteiger partial charge in [-0.05, 0) is 48.9 Å². The molecule has 0 aliphatic heterocycles. The normalized spacial score (nSPS) is 12.0. The number of esters is 1. The number of hydrogen-bond acceptors (Lipinski definition) is 5. The number of ether oxygens (including phenoxy) is 2. The molecule has 134 valence electrons. The largest absolute Gasteiger partial charge is 0.479 e. The van der Waals surface area contributed by atoms with Crippen molar-refractivity contribution in [1.82, 2.24) is 0 Å². The maximum absolute atomic E-state index is 12.5. The van der Waals surface area contributed by atoms with Crippen molar-refractivity contribution in [3.8, 4) is 17.1 Å². The van der Waals surface area contributed by atoms with Crippen molar-refractivity contribution in [3.63, 3.8) is 0 Å². The fourth-order valence-corrected chi connectivity index (χ4v) is 2.68. The fourth-order valence-electron chi connectivity index (χ4n) is 2.56. The van der Waals surface area contributed by atoms with Crippen LogP contribution in [0.1, 0.15) is 13.3 Å². The van der Waals surface area contributed by atoms with Gasteiger partial charge < -0.3 is 13.9 Å². The van der Waals surface area contributed by atoms with Crippen LogP contribution in [-0.4, -0.2) is 19.2 Å². The Kier molecular flexibility index (Phi) is 5.28. The molecule has 0 amide bonds. The van der Waals surface area contributed by atoms with E-state index in [4.69, 9.17) is 25.5 Å². The molecular formula is C20H17ClO5. The maximum atomic E-state index is 12.5. The monoisotopic (exact) mass is 372 g/mol. The minimum Gasteiger partial charge on any atom is -0.479 e. The molecule has 0 aliphatic carbocycles. The Morgan fingerprint density at radius 2 is 1.88 bits per heavy atom. The van der Waals surface area contributed by atoms with Crippen molar-refractivity contribution < 1.29 is 18.7 Å². The second-order valence-corrected chi connectivity index (χ2v) is 6.11. The molecule has 6 heteroatoms. The molecule has 1 aromatic heterocycles.